The molecule has 3 atom stereocenters. The fraction of sp³-hybridized carbons (Fsp3) is 0.357. The zero-order valence-electron chi connectivity index (χ0n) is 18.8. The molecule has 1 amide bonds. The molecule has 0 bridgehead atoms. The molecule has 0 aromatic heterocycles. The summed E-state index contributed by atoms with van der Waals surface area (Å²) in [6, 6.07) is 21.5. The predicted molar refractivity (Wildman–Crippen MR) is 129 cm³/mol. The highest BCUT2D eigenvalue weighted by Gasteiger charge is 2.43. The van der Waals surface area contributed by atoms with Gasteiger partial charge < -0.3 is 10.0 Å². The Morgan fingerprint density at radius 2 is 1.61 bits per heavy atom. The van der Waals surface area contributed by atoms with E-state index < -0.39 is 11.9 Å². The van der Waals surface area contributed by atoms with E-state index in [0.29, 0.717) is 12.0 Å². The van der Waals surface area contributed by atoms with Crippen LogP contribution in [0, 0.1) is 0 Å². The summed E-state index contributed by atoms with van der Waals surface area (Å²) in [5.74, 6) is -1.11. The number of nitrogens with zero attached hydrogens (tertiary/aromatic N) is 2. The Balaban J connectivity index is 1.24. The van der Waals surface area contributed by atoms with Gasteiger partial charge in [-0.15, -0.1) is 0 Å². The van der Waals surface area contributed by atoms with Crippen LogP contribution < -0.4 is 4.90 Å². The number of carbonyl (C=O) groups is 2. The van der Waals surface area contributed by atoms with Gasteiger partial charge in [0.2, 0.25) is 5.91 Å². The summed E-state index contributed by atoms with van der Waals surface area (Å²) >= 11 is 0. The van der Waals surface area contributed by atoms with Crippen LogP contribution in [0.25, 0.3) is 10.8 Å². The number of carboxylic acid groups (broad SMARTS) is 1. The normalized spacial score (nSPS) is 25.1. The lowest BCUT2D eigenvalue weighted by Gasteiger charge is -2.41. The summed E-state index contributed by atoms with van der Waals surface area (Å²) in [4.78, 5) is 29.2. The van der Waals surface area contributed by atoms with Gasteiger partial charge in [-0.25, -0.2) is 0 Å². The summed E-state index contributed by atoms with van der Waals surface area (Å²) in [6.07, 6.45) is 1.65. The van der Waals surface area contributed by atoms with E-state index >= 15 is 0 Å². The van der Waals surface area contributed by atoms with Crippen LogP contribution >= 0.6 is 0 Å². The fourth-order valence-corrected chi connectivity index (χ4v) is 6.57. The largest absolute Gasteiger partial charge is 0.481 e. The van der Waals surface area contributed by atoms with E-state index in [1.165, 1.54) is 21.9 Å². The van der Waals surface area contributed by atoms with Crippen molar-refractivity contribution in [2.45, 2.75) is 50.1 Å². The first-order valence-corrected chi connectivity index (χ1v) is 11.9. The van der Waals surface area contributed by atoms with Gasteiger partial charge >= 0.3 is 5.97 Å². The average molecular weight is 441 g/mol. The maximum atomic E-state index is 13.3. The van der Waals surface area contributed by atoms with Crippen molar-refractivity contribution in [3.63, 3.8) is 0 Å². The van der Waals surface area contributed by atoms with E-state index in [1.807, 2.05) is 29.2 Å². The lowest BCUT2D eigenvalue weighted by Crippen LogP contribution is -2.48. The standard InChI is InChI=1S/C28H28N2O3/c1-17-20-9-4-6-18-7-5-10-22(26(18)20)27(17)29-14-12-19(13-15-29)30-24-11-3-2-8-21(24)23(28(30)33)16-25(31)32/h2-11,17,19,23,27H,12-16H2,1H3,(H,31,32)/t17-,23?,27+/m0/s1. The van der Waals surface area contributed by atoms with Gasteiger partial charge in [-0.2, -0.15) is 0 Å². The lowest BCUT2D eigenvalue weighted by molar-refractivity contribution is -0.139. The van der Waals surface area contributed by atoms with Gasteiger partial charge in [-0.3, -0.25) is 14.5 Å². The highest BCUT2D eigenvalue weighted by Crippen LogP contribution is 2.49. The number of fused-ring (bicyclic) bond motifs is 1. The fourth-order valence-electron chi connectivity index (χ4n) is 6.57. The number of hydrogen-bond acceptors (Lipinski definition) is 3. The Morgan fingerprint density at radius 1 is 0.939 bits per heavy atom. The number of piperidine rings is 1. The number of hydrogen-bond donors (Lipinski definition) is 1. The topological polar surface area (TPSA) is 60.9 Å². The molecular formula is C28H28N2O3. The van der Waals surface area contributed by atoms with Crippen LogP contribution in [0.15, 0.2) is 60.7 Å². The van der Waals surface area contributed by atoms with Gasteiger partial charge in [0.25, 0.3) is 0 Å². The van der Waals surface area contributed by atoms with Crippen LogP contribution in [0.2, 0.25) is 0 Å². The minimum Gasteiger partial charge on any atom is -0.481 e. The third kappa shape index (κ3) is 3.10. The summed E-state index contributed by atoms with van der Waals surface area (Å²) in [7, 11) is 0. The molecule has 0 radical (unpaired) electrons. The Kier molecular flexibility index (Phi) is 4.77. The van der Waals surface area contributed by atoms with Crippen molar-refractivity contribution in [2.75, 3.05) is 18.0 Å². The summed E-state index contributed by atoms with van der Waals surface area (Å²) in [6.45, 7) is 4.20. The van der Waals surface area contributed by atoms with Gasteiger partial charge in [0.05, 0.1) is 12.3 Å². The lowest BCUT2D eigenvalue weighted by atomic mass is 9.93. The van der Waals surface area contributed by atoms with Crippen LogP contribution in [0.1, 0.15) is 60.8 Å². The second-order valence-corrected chi connectivity index (χ2v) is 9.71. The number of aliphatic carboxylic acids is 1. The molecule has 5 heteroatoms. The molecule has 0 spiro atoms. The van der Waals surface area contributed by atoms with E-state index in [2.05, 4.69) is 48.2 Å². The molecule has 3 aliphatic rings. The number of rotatable bonds is 4. The van der Waals surface area contributed by atoms with E-state index in [4.69, 9.17) is 0 Å². The number of amides is 1. The minimum absolute atomic E-state index is 0.0524. The van der Waals surface area contributed by atoms with Crippen LogP contribution in [0.4, 0.5) is 5.69 Å². The van der Waals surface area contributed by atoms with Gasteiger partial charge in [-0.05, 0) is 46.4 Å². The maximum Gasteiger partial charge on any atom is 0.304 e. The molecule has 3 aromatic carbocycles. The van der Waals surface area contributed by atoms with Gasteiger partial charge in [0, 0.05) is 36.8 Å². The van der Waals surface area contributed by atoms with Crippen LogP contribution in [-0.4, -0.2) is 41.0 Å². The van der Waals surface area contributed by atoms with E-state index in [9.17, 15) is 14.7 Å². The number of anilines is 1. The Labute approximate surface area is 193 Å². The number of carboxylic acids is 1. The quantitative estimate of drug-likeness (QED) is 0.616. The summed E-state index contributed by atoms with van der Waals surface area (Å²) in [5.41, 5.74) is 4.63. The zero-order valence-corrected chi connectivity index (χ0v) is 18.8. The molecule has 2 aliphatic heterocycles. The number of carbonyl (C=O) groups excluding carboxylic acids is 1. The van der Waals surface area contributed by atoms with E-state index in [0.717, 1.165) is 37.2 Å². The summed E-state index contributed by atoms with van der Waals surface area (Å²) in [5, 5.41) is 12.1. The monoisotopic (exact) mass is 440 g/mol. The molecule has 1 N–H and O–H groups in total. The smallest absolute Gasteiger partial charge is 0.304 e. The molecule has 1 unspecified atom stereocenters. The first-order valence-electron chi connectivity index (χ1n) is 11.9. The van der Waals surface area contributed by atoms with Crippen molar-refractivity contribution in [1.29, 1.82) is 0 Å². The number of benzene rings is 3. The average Bonchev–Trinajstić information content (AvgIpc) is 3.27. The highest BCUT2D eigenvalue weighted by atomic mass is 16.4. The van der Waals surface area contributed by atoms with Crippen molar-refractivity contribution in [3.8, 4) is 0 Å². The van der Waals surface area contributed by atoms with Gasteiger partial charge in [-0.1, -0.05) is 61.5 Å². The summed E-state index contributed by atoms with van der Waals surface area (Å²) < 4.78 is 0. The second kappa shape index (κ2) is 7.70. The molecule has 3 aromatic rings. The van der Waals surface area contributed by atoms with Crippen LogP contribution in [-0.2, 0) is 9.59 Å². The van der Waals surface area contributed by atoms with Gasteiger partial charge in [0.15, 0.2) is 0 Å². The van der Waals surface area contributed by atoms with Crippen molar-refractivity contribution in [2.24, 2.45) is 0 Å². The molecular weight excluding hydrogens is 412 g/mol. The maximum absolute atomic E-state index is 13.3. The van der Waals surface area contributed by atoms with E-state index in [-0.39, 0.29) is 18.4 Å². The Hall–Kier alpha value is -3.18. The Bertz CT molecular complexity index is 1260. The second-order valence-electron chi connectivity index (χ2n) is 9.71. The first kappa shape index (κ1) is 20.4. The molecule has 0 saturated carbocycles. The van der Waals surface area contributed by atoms with Crippen molar-refractivity contribution >= 4 is 28.3 Å². The molecule has 2 heterocycles. The molecule has 6 rings (SSSR count). The number of para-hydroxylation sites is 1. The predicted octanol–water partition coefficient (Wildman–Crippen LogP) is 5.07. The molecule has 1 aliphatic carbocycles. The van der Waals surface area contributed by atoms with Crippen molar-refractivity contribution < 1.29 is 14.7 Å². The molecule has 5 nitrogen and oxygen atoms in total. The first-order chi connectivity index (χ1) is 16.0. The Morgan fingerprint density at radius 3 is 2.33 bits per heavy atom. The van der Waals surface area contributed by atoms with Gasteiger partial charge in [0.1, 0.15) is 0 Å². The minimum atomic E-state index is -0.927. The molecule has 1 saturated heterocycles. The third-order valence-corrected chi connectivity index (χ3v) is 8.00. The van der Waals surface area contributed by atoms with Crippen LogP contribution in [0.3, 0.4) is 0 Å². The van der Waals surface area contributed by atoms with Crippen molar-refractivity contribution in [3.05, 3.63) is 77.4 Å². The van der Waals surface area contributed by atoms with E-state index in [1.54, 1.807) is 0 Å². The zero-order chi connectivity index (χ0) is 22.7. The molecule has 1 fully saturated rings. The SMILES string of the molecule is C[C@H]1c2cccc3cccc(c23)[C@@H]1N1CCC(N2C(=O)C(CC(=O)O)c3ccccc32)CC1. The third-order valence-electron chi connectivity index (χ3n) is 8.00. The van der Waals surface area contributed by atoms with Crippen molar-refractivity contribution in [1.82, 2.24) is 4.90 Å². The molecule has 168 valence electrons. The van der Waals surface area contributed by atoms with Crippen LogP contribution in [0.5, 0.6) is 0 Å². The molecule has 33 heavy (non-hydrogen) atoms. The highest BCUT2D eigenvalue weighted by molar-refractivity contribution is 6.06. The number of likely N-dealkylation sites (tertiary alicyclic amines) is 1.